The third-order valence-electron chi connectivity index (χ3n) is 4.66. The number of rotatable bonds is 6. The van der Waals surface area contributed by atoms with Crippen LogP contribution in [0.2, 0.25) is 5.02 Å². The molecule has 5 nitrogen and oxygen atoms in total. The van der Waals surface area contributed by atoms with E-state index in [1.54, 1.807) is 11.8 Å². The van der Waals surface area contributed by atoms with Crippen molar-refractivity contribution >= 4 is 34.4 Å². The van der Waals surface area contributed by atoms with Gasteiger partial charge in [-0.25, -0.2) is 4.99 Å². The lowest BCUT2D eigenvalue weighted by Crippen LogP contribution is -3.14. The van der Waals surface area contributed by atoms with Crippen molar-refractivity contribution < 1.29 is 14.4 Å². The molecule has 0 unspecified atom stereocenters. The Morgan fingerprint density at radius 3 is 2.77 bits per heavy atom. The zero-order chi connectivity index (χ0) is 18.5. The maximum absolute atomic E-state index is 12.0. The number of aromatic nitrogens is 1. The van der Waals surface area contributed by atoms with Gasteiger partial charge in [-0.15, -0.1) is 0 Å². The molecule has 3 rings (SSSR count). The smallest absolute Gasteiger partial charge is 0.190 e. The van der Waals surface area contributed by atoms with E-state index in [2.05, 4.69) is 4.57 Å². The largest absolute Gasteiger partial charge is 0.370 e. The summed E-state index contributed by atoms with van der Waals surface area (Å²) in [5.41, 5.74) is 1.73. The second-order valence-corrected chi connectivity index (χ2v) is 7.92. The van der Waals surface area contributed by atoms with E-state index in [1.165, 1.54) is 11.3 Å². The molecule has 1 aromatic carbocycles. The van der Waals surface area contributed by atoms with Crippen molar-refractivity contribution in [1.29, 1.82) is 0 Å². The average molecular weight is 395 g/mol. The Morgan fingerprint density at radius 2 is 2.08 bits per heavy atom. The van der Waals surface area contributed by atoms with Crippen molar-refractivity contribution in [3.05, 3.63) is 44.7 Å². The minimum atomic E-state index is 0.0839. The molecule has 2 aromatic rings. The fourth-order valence-corrected chi connectivity index (χ4v) is 4.45. The number of morpholine rings is 1. The van der Waals surface area contributed by atoms with Gasteiger partial charge in [0.2, 0.25) is 0 Å². The van der Waals surface area contributed by atoms with Crippen molar-refractivity contribution in [2.45, 2.75) is 26.8 Å². The molecule has 0 aliphatic carbocycles. The highest BCUT2D eigenvalue weighted by Crippen LogP contribution is 2.24. The second-order valence-electron chi connectivity index (χ2n) is 6.54. The Morgan fingerprint density at radius 1 is 1.35 bits per heavy atom. The summed E-state index contributed by atoms with van der Waals surface area (Å²) < 4.78 is 7.58. The van der Waals surface area contributed by atoms with Gasteiger partial charge in [0.05, 0.1) is 35.3 Å². The molecule has 1 N–H and O–H groups in total. The van der Waals surface area contributed by atoms with Crippen LogP contribution in [0.5, 0.6) is 0 Å². The highest BCUT2D eigenvalue weighted by Gasteiger charge is 2.16. The van der Waals surface area contributed by atoms with E-state index in [9.17, 15) is 4.79 Å². The molecule has 1 aromatic heterocycles. The minimum absolute atomic E-state index is 0.0839. The summed E-state index contributed by atoms with van der Waals surface area (Å²) in [5.74, 6) is 0.0839. The number of quaternary nitrogens is 1. The maximum Gasteiger partial charge on any atom is 0.190 e. The molecule has 0 radical (unpaired) electrons. The van der Waals surface area contributed by atoms with Crippen LogP contribution in [-0.4, -0.2) is 43.2 Å². The molecule has 140 valence electrons. The van der Waals surface area contributed by atoms with Crippen molar-refractivity contribution in [3.63, 3.8) is 0 Å². The van der Waals surface area contributed by atoms with Crippen molar-refractivity contribution in [3.8, 4) is 0 Å². The van der Waals surface area contributed by atoms with Crippen molar-refractivity contribution in [1.82, 2.24) is 4.57 Å². The first-order chi connectivity index (χ1) is 12.6. The van der Waals surface area contributed by atoms with Crippen LogP contribution in [0.25, 0.3) is 0 Å². The van der Waals surface area contributed by atoms with E-state index in [-0.39, 0.29) is 5.78 Å². The molecule has 2 heterocycles. The quantitative estimate of drug-likeness (QED) is 0.764. The highest BCUT2D eigenvalue weighted by molar-refractivity contribution is 7.11. The number of para-hydroxylation sites is 1. The van der Waals surface area contributed by atoms with Crippen LogP contribution in [0, 0.1) is 6.92 Å². The monoisotopic (exact) mass is 394 g/mol. The molecular weight excluding hydrogens is 370 g/mol. The first-order valence-corrected chi connectivity index (χ1v) is 10.2. The summed E-state index contributed by atoms with van der Waals surface area (Å²) in [4.78, 5) is 19.9. The Hall–Kier alpha value is -1.47. The SMILES string of the molecule is CC(=O)c1sc(=Nc2ccccc2Cl)n(CCC[NH+]2CCOCC2)c1C. The van der Waals surface area contributed by atoms with Crippen LogP contribution >= 0.6 is 22.9 Å². The van der Waals surface area contributed by atoms with E-state index >= 15 is 0 Å². The molecule has 0 amide bonds. The molecule has 7 heteroatoms. The summed E-state index contributed by atoms with van der Waals surface area (Å²) in [5, 5.41) is 0.618. The Balaban J connectivity index is 1.85. The number of halogens is 1. The number of ether oxygens (including phenoxy) is 1. The standard InChI is InChI=1S/C19H24ClN3O2S/c1-14-18(15(2)24)26-19(21-17-7-4-3-6-16(17)20)23(14)9-5-8-22-10-12-25-13-11-22/h3-4,6-7H,5,8-13H2,1-2H3/p+1. The summed E-state index contributed by atoms with van der Waals surface area (Å²) >= 11 is 7.71. The summed E-state index contributed by atoms with van der Waals surface area (Å²) in [7, 11) is 0. The Labute approximate surface area is 162 Å². The third kappa shape index (κ3) is 4.62. The van der Waals surface area contributed by atoms with Gasteiger partial charge in [-0.1, -0.05) is 35.1 Å². The van der Waals surface area contributed by atoms with Gasteiger partial charge in [0.25, 0.3) is 0 Å². The first-order valence-electron chi connectivity index (χ1n) is 8.98. The fourth-order valence-electron chi connectivity index (χ4n) is 3.20. The van der Waals surface area contributed by atoms with Gasteiger partial charge in [-0.2, -0.15) is 0 Å². The number of hydrogen-bond acceptors (Lipinski definition) is 4. The normalized spacial score (nSPS) is 16.2. The lowest BCUT2D eigenvalue weighted by Gasteiger charge is -2.23. The van der Waals surface area contributed by atoms with Crippen LogP contribution in [0.15, 0.2) is 29.3 Å². The molecule has 0 spiro atoms. The van der Waals surface area contributed by atoms with Gasteiger partial charge in [-0.05, 0) is 19.1 Å². The average Bonchev–Trinajstić information content (AvgIpc) is 2.94. The van der Waals surface area contributed by atoms with Crippen LogP contribution in [0.3, 0.4) is 0 Å². The summed E-state index contributed by atoms with van der Waals surface area (Å²) in [6, 6.07) is 7.54. The topological polar surface area (TPSA) is 48.0 Å². The molecule has 1 saturated heterocycles. The predicted octanol–water partition coefficient (Wildman–Crippen LogP) is 2.25. The van der Waals surface area contributed by atoms with Gasteiger partial charge < -0.3 is 14.2 Å². The second kappa shape index (κ2) is 8.95. The van der Waals surface area contributed by atoms with Gasteiger partial charge >= 0.3 is 0 Å². The molecular formula is C19H25ClN3O2S+. The van der Waals surface area contributed by atoms with Crippen molar-refractivity contribution in [2.75, 3.05) is 32.8 Å². The number of carbonyl (C=O) groups excluding carboxylic acids is 1. The van der Waals surface area contributed by atoms with Crippen molar-refractivity contribution in [2.24, 2.45) is 4.99 Å². The number of carbonyl (C=O) groups is 1. The van der Waals surface area contributed by atoms with E-state index in [0.29, 0.717) is 5.02 Å². The van der Waals surface area contributed by atoms with Crippen LogP contribution in [-0.2, 0) is 11.3 Å². The number of hydrogen-bond donors (Lipinski definition) is 1. The maximum atomic E-state index is 12.0. The fraction of sp³-hybridized carbons (Fsp3) is 0.474. The van der Waals surface area contributed by atoms with Crippen LogP contribution < -0.4 is 9.70 Å². The van der Waals surface area contributed by atoms with E-state index in [4.69, 9.17) is 21.3 Å². The third-order valence-corrected chi connectivity index (χ3v) is 6.26. The van der Waals surface area contributed by atoms with Gasteiger partial charge in [0, 0.05) is 25.6 Å². The van der Waals surface area contributed by atoms with E-state index in [1.807, 2.05) is 31.2 Å². The zero-order valence-electron chi connectivity index (χ0n) is 15.3. The van der Waals surface area contributed by atoms with E-state index in [0.717, 1.165) is 66.9 Å². The molecule has 1 aliphatic rings. The summed E-state index contributed by atoms with van der Waals surface area (Å²) in [6.07, 6.45) is 1.04. The van der Waals surface area contributed by atoms with Gasteiger partial charge in [-0.3, -0.25) is 4.79 Å². The zero-order valence-corrected chi connectivity index (χ0v) is 16.8. The highest BCUT2D eigenvalue weighted by atomic mass is 35.5. The molecule has 1 aliphatic heterocycles. The molecule has 26 heavy (non-hydrogen) atoms. The van der Waals surface area contributed by atoms with Crippen LogP contribution in [0.4, 0.5) is 5.69 Å². The molecule has 1 fully saturated rings. The number of benzene rings is 1. The number of nitrogens with one attached hydrogen (secondary N) is 1. The predicted molar refractivity (Wildman–Crippen MR) is 105 cm³/mol. The lowest BCUT2D eigenvalue weighted by atomic mass is 10.3. The van der Waals surface area contributed by atoms with Gasteiger partial charge in [0.15, 0.2) is 10.6 Å². The van der Waals surface area contributed by atoms with Crippen LogP contribution in [0.1, 0.15) is 28.7 Å². The van der Waals surface area contributed by atoms with E-state index < -0.39 is 0 Å². The molecule has 0 saturated carbocycles. The lowest BCUT2D eigenvalue weighted by molar-refractivity contribution is -0.908. The van der Waals surface area contributed by atoms with Gasteiger partial charge in [0.1, 0.15) is 13.1 Å². The number of Topliss-reactive ketones (excluding diaryl/α,β-unsaturated/α-hetero) is 1. The Bertz CT molecular complexity index is 838. The number of ketones is 1. The minimum Gasteiger partial charge on any atom is -0.370 e. The summed E-state index contributed by atoms with van der Waals surface area (Å²) in [6.45, 7) is 9.41. The number of nitrogens with zero attached hydrogens (tertiary/aromatic N) is 2. The number of thiazole rings is 1. The Kier molecular flexibility index (Phi) is 6.64. The molecule has 0 atom stereocenters. The first kappa shape index (κ1) is 19.3. The molecule has 0 bridgehead atoms.